The Hall–Kier alpha value is -1.87. The van der Waals surface area contributed by atoms with Crippen LogP contribution in [-0.4, -0.2) is 4.98 Å². The van der Waals surface area contributed by atoms with E-state index in [1.54, 1.807) is 11.3 Å². The second-order valence-electron chi connectivity index (χ2n) is 4.62. The molecule has 0 saturated heterocycles. The fourth-order valence-electron chi connectivity index (χ4n) is 2.17. The molecule has 0 radical (unpaired) electrons. The van der Waals surface area contributed by atoms with Gasteiger partial charge in [-0.2, -0.15) is 0 Å². The third-order valence-electron chi connectivity index (χ3n) is 2.88. The smallest absolute Gasteiger partial charge is 0.124 e. The fraction of sp³-hybridized carbons (Fsp3) is 0.133. The number of hydrogen-bond donors (Lipinski definition) is 1. The molecule has 2 aromatic carbocycles. The van der Waals surface area contributed by atoms with Gasteiger partial charge < -0.3 is 5.73 Å². The van der Waals surface area contributed by atoms with Gasteiger partial charge in [-0.3, -0.25) is 0 Å². The monoisotopic (exact) mass is 254 g/mol. The second-order valence-corrected chi connectivity index (χ2v) is 5.65. The molecule has 1 heterocycles. The van der Waals surface area contributed by atoms with Gasteiger partial charge in [-0.1, -0.05) is 17.2 Å². The van der Waals surface area contributed by atoms with Gasteiger partial charge in [0.2, 0.25) is 0 Å². The van der Waals surface area contributed by atoms with E-state index in [9.17, 15) is 0 Å². The van der Waals surface area contributed by atoms with E-state index in [0.717, 1.165) is 16.2 Å². The lowest BCUT2D eigenvalue weighted by molar-refractivity contribution is 1.37. The lowest BCUT2D eigenvalue weighted by Gasteiger charge is -2.00. The van der Waals surface area contributed by atoms with Crippen LogP contribution in [-0.2, 0) is 0 Å². The third-order valence-corrected chi connectivity index (χ3v) is 3.97. The molecule has 2 N–H and O–H groups in total. The van der Waals surface area contributed by atoms with Crippen LogP contribution in [0.4, 0.5) is 5.69 Å². The number of aromatic nitrogens is 1. The number of nitrogens with zero attached hydrogens (tertiary/aromatic N) is 1. The van der Waals surface area contributed by atoms with Crippen molar-refractivity contribution in [3.63, 3.8) is 0 Å². The molecule has 90 valence electrons. The molecule has 0 unspecified atom stereocenters. The maximum Gasteiger partial charge on any atom is 0.124 e. The standard InChI is InChI=1S/C15H14N2S/c1-9-5-10(2)7-11(6-9)15-17-13-8-12(16)3-4-14(13)18-15/h3-8H,16H2,1-2H3. The predicted molar refractivity (Wildman–Crippen MR) is 78.9 cm³/mol. The van der Waals surface area contributed by atoms with E-state index in [0.29, 0.717) is 0 Å². The van der Waals surface area contributed by atoms with Gasteiger partial charge >= 0.3 is 0 Å². The van der Waals surface area contributed by atoms with Crippen molar-refractivity contribution in [3.8, 4) is 10.6 Å². The van der Waals surface area contributed by atoms with Gasteiger partial charge in [0.05, 0.1) is 10.2 Å². The minimum Gasteiger partial charge on any atom is -0.399 e. The van der Waals surface area contributed by atoms with E-state index in [4.69, 9.17) is 5.73 Å². The molecule has 1 aromatic heterocycles. The van der Waals surface area contributed by atoms with E-state index >= 15 is 0 Å². The summed E-state index contributed by atoms with van der Waals surface area (Å²) in [5.41, 5.74) is 11.3. The Kier molecular flexibility index (Phi) is 2.56. The lowest BCUT2D eigenvalue weighted by Crippen LogP contribution is -1.83. The molecule has 2 nitrogen and oxygen atoms in total. The molecule has 18 heavy (non-hydrogen) atoms. The van der Waals surface area contributed by atoms with E-state index in [-0.39, 0.29) is 0 Å². The van der Waals surface area contributed by atoms with E-state index in [2.05, 4.69) is 37.0 Å². The van der Waals surface area contributed by atoms with Crippen molar-refractivity contribution in [2.45, 2.75) is 13.8 Å². The van der Waals surface area contributed by atoms with E-state index < -0.39 is 0 Å². The van der Waals surface area contributed by atoms with Crippen molar-refractivity contribution in [2.75, 3.05) is 5.73 Å². The maximum atomic E-state index is 5.78. The van der Waals surface area contributed by atoms with Crippen LogP contribution in [0.25, 0.3) is 20.8 Å². The molecular formula is C15H14N2S. The zero-order chi connectivity index (χ0) is 12.7. The molecule has 3 rings (SSSR count). The van der Waals surface area contributed by atoms with Crippen molar-refractivity contribution in [3.05, 3.63) is 47.5 Å². The Labute approximate surface area is 110 Å². The molecule has 0 aliphatic heterocycles. The largest absolute Gasteiger partial charge is 0.399 e. The third kappa shape index (κ3) is 1.97. The van der Waals surface area contributed by atoms with Gasteiger partial charge in [-0.15, -0.1) is 11.3 Å². The highest BCUT2D eigenvalue weighted by atomic mass is 32.1. The summed E-state index contributed by atoms with van der Waals surface area (Å²) in [6.07, 6.45) is 0. The lowest BCUT2D eigenvalue weighted by atomic mass is 10.1. The molecule has 0 atom stereocenters. The Bertz CT molecular complexity index is 708. The van der Waals surface area contributed by atoms with Crippen LogP contribution in [0.1, 0.15) is 11.1 Å². The number of aryl methyl sites for hydroxylation is 2. The summed E-state index contributed by atoms with van der Waals surface area (Å²) in [7, 11) is 0. The maximum absolute atomic E-state index is 5.78. The highest BCUT2D eigenvalue weighted by Gasteiger charge is 2.07. The zero-order valence-electron chi connectivity index (χ0n) is 10.4. The van der Waals surface area contributed by atoms with Crippen molar-refractivity contribution < 1.29 is 0 Å². The van der Waals surface area contributed by atoms with Crippen LogP contribution in [0.15, 0.2) is 36.4 Å². The number of thiazole rings is 1. The molecule has 0 amide bonds. The zero-order valence-corrected chi connectivity index (χ0v) is 11.2. The number of hydrogen-bond acceptors (Lipinski definition) is 3. The molecule has 0 spiro atoms. The Morgan fingerprint density at radius 3 is 2.44 bits per heavy atom. The normalized spacial score (nSPS) is 11.0. The van der Waals surface area contributed by atoms with Gasteiger partial charge in [-0.05, 0) is 44.2 Å². The van der Waals surface area contributed by atoms with E-state index in [1.165, 1.54) is 21.4 Å². The summed E-state index contributed by atoms with van der Waals surface area (Å²) in [4.78, 5) is 4.66. The van der Waals surface area contributed by atoms with Crippen LogP contribution >= 0.6 is 11.3 Å². The number of rotatable bonds is 1. The topological polar surface area (TPSA) is 38.9 Å². The van der Waals surface area contributed by atoms with Gasteiger partial charge in [0.1, 0.15) is 5.01 Å². The first kappa shape index (κ1) is 11.2. The van der Waals surface area contributed by atoms with Gasteiger partial charge in [0.25, 0.3) is 0 Å². The summed E-state index contributed by atoms with van der Waals surface area (Å²) in [5, 5.41) is 1.06. The first-order valence-corrected chi connectivity index (χ1v) is 6.68. The van der Waals surface area contributed by atoms with Gasteiger partial charge in [0, 0.05) is 11.3 Å². The number of anilines is 1. The first-order valence-electron chi connectivity index (χ1n) is 5.86. The Morgan fingerprint density at radius 2 is 1.72 bits per heavy atom. The van der Waals surface area contributed by atoms with Crippen molar-refractivity contribution in [1.29, 1.82) is 0 Å². The molecule has 0 bridgehead atoms. The first-order chi connectivity index (χ1) is 8.61. The highest BCUT2D eigenvalue weighted by molar-refractivity contribution is 7.21. The minimum atomic E-state index is 0.764. The molecule has 0 aliphatic rings. The molecule has 0 fully saturated rings. The van der Waals surface area contributed by atoms with Crippen molar-refractivity contribution in [2.24, 2.45) is 0 Å². The summed E-state index contributed by atoms with van der Waals surface area (Å²) < 4.78 is 1.18. The van der Waals surface area contributed by atoms with Gasteiger partial charge in [-0.25, -0.2) is 4.98 Å². The van der Waals surface area contributed by atoms with Crippen LogP contribution in [0, 0.1) is 13.8 Å². The quantitative estimate of drug-likeness (QED) is 0.662. The molecular weight excluding hydrogens is 240 g/mol. The average Bonchev–Trinajstić information content (AvgIpc) is 2.70. The van der Waals surface area contributed by atoms with Crippen LogP contribution in [0.5, 0.6) is 0 Å². The fourth-order valence-corrected chi connectivity index (χ4v) is 3.10. The number of nitrogens with two attached hydrogens (primary N) is 1. The Balaban J connectivity index is 2.19. The van der Waals surface area contributed by atoms with E-state index in [1.807, 2.05) is 18.2 Å². The van der Waals surface area contributed by atoms with Gasteiger partial charge in [0.15, 0.2) is 0 Å². The summed E-state index contributed by atoms with van der Waals surface area (Å²) in [5.74, 6) is 0. The molecule has 3 aromatic rings. The minimum absolute atomic E-state index is 0.764. The summed E-state index contributed by atoms with van der Waals surface area (Å²) in [6, 6.07) is 12.4. The number of nitrogen functional groups attached to an aromatic ring is 1. The second kappa shape index (κ2) is 4.10. The highest BCUT2D eigenvalue weighted by Crippen LogP contribution is 2.31. The number of fused-ring (bicyclic) bond motifs is 1. The van der Waals surface area contributed by atoms with Crippen LogP contribution < -0.4 is 5.73 Å². The molecule has 3 heteroatoms. The van der Waals surface area contributed by atoms with Crippen molar-refractivity contribution >= 4 is 27.2 Å². The molecule has 0 saturated carbocycles. The van der Waals surface area contributed by atoms with Crippen molar-refractivity contribution in [1.82, 2.24) is 4.98 Å². The predicted octanol–water partition coefficient (Wildman–Crippen LogP) is 4.16. The summed E-state index contributed by atoms with van der Waals surface area (Å²) in [6.45, 7) is 4.23. The molecule has 0 aliphatic carbocycles. The van der Waals surface area contributed by atoms with Crippen LogP contribution in [0.2, 0.25) is 0 Å². The number of benzene rings is 2. The summed E-state index contributed by atoms with van der Waals surface area (Å²) >= 11 is 1.71. The van der Waals surface area contributed by atoms with Crippen LogP contribution in [0.3, 0.4) is 0 Å². The SMILES string of the molecule is Cc1cc(C)cc(-c2nc3cc(N)ccc3s2)c1. The Morgan fingerprint density at radius 1 is 1.00 bits per heavy atom. The average molecular weight is 254 g/mol.